The van der Waals surface area contributed by atoms with E-state index in [2.05, 4.69) is 49.9 Å². The number of aryl methyl sites for hydroxylation is 2. The summed E-state index contributed by atoms with van der Waals surface area (Å²) in [6, 6.07) is 0. The molecular weight excluding hydrogens is 421 g/mol. The van der Waals surface area contributed by atoms with Crippen molar-refractivity contribution in [2.24, 2.45) is 12.0 Å². The van der Waals surface area contributed by atoms with Crippen LogP contribution in [0.1, 0.15) is 37.7 Å². The highest BCUT2D eigenvalue weighted by Crippen LogP contribution is 2.29. The molecule has 2 rings (SSSR count). The molecule has 0 radical (unpaired) electrons. The number of guanidine groups is 1. The van der Waals surface area contributed by atoms with Crippen molar-refractivity contribution in [3.8, 4) is 0 Å². The van der Waals surface area contributed by atoms with Crippen LogP contribution < -0.4 is 5.32 Å². The minimum atomic E-state index is 0. The maximum Gasteiger partial charge on any atom is 0.194 e. The van der Waals surface area contributed by atoms with Crippen LogP contribution in [0.2, 0.25) is 0 Å². The van der Waals surface area contributed by atoms with Crippen LogP contribution in [0.4, 0.5) is 0 Å². The van der Waals surface area contributed by atoms with Crippen molar-refractivity contribution < 1.29 is 0 Å². The summed E-state index contributed by atoms with van der Waals surface area (Å²) >= 11 is 2.04. The first-order chi connectivity index (χ1) is 10.3. The number of hydrogen-bond acceptors (Lipinski definition) is 3. The zero-order valence-electron chi connectivity index (χ0n) is 15.1. The molecule has 5 nitrogen and oxygen atoms in total. The second kappa shape index (κ2) is 8.60. The van der Waals surface area contributed by atoms with E-state index < -0.39 is 0 Å². The number of nitrogens with zero attached hydrogens (tertiary/aromatic N) is 4. The molecule has 0 saturated carbocycles. The quantitative estimate of drug-likeness (QED) is 0.436. The van der Waals surface area contributed by atoms with Crippen molar-refractivity contribution in [3.63, 3.8) is 0 Å². The number of aliphatic imine (C=N–C) groups is 1. The largest absolute Gasteiger partial charge is 0.357 e. The Bertz CT molecular complexity index is 553. The molecule has 1 aromatic heterocycles. The zero-order chi connectivity index (χ0) is 16.3. The van der Waals surface area contributed by atoms with Crippen LogP contribution in [0.5, 0.6) is 0 Å². The molecule has 1 aliphatic rings. The summed E-state index contributed by atoms with van der Waals surface area (Å²) in [5.74, 6) is 2.18. The molecular formula is C16H30IN5S. The molecule has 1 fully saturated rings. The minimum Gasteiger partial charge on any atom is -0.357 e. The Morgan fingerprint density at radius 3 is 2.61 bits per heavy atom. The molecule has 1 N–H and O–H groups in total. The molecule has 0 unspecified atom stereocenters. The van der Waals surface area contributed by atoms with E-state index in [1.165, 1.54) is 11.3 Å². The second-order valence-electron chi connectivity index (χ2n) is 6.47. The third-order valence-corrected chi connectivity index (χ3v) is 5.40. The molecule has 1 aliphatic heterocycles. The van der Waals surface area contributed by atoms with Gasteiger partial charge in [0.1, 0.15) is 0 Å². The lowest BCUT2D eigenvalue weighted by molar-refractivity contribution is 0.376. The molecule has 1 aromatic rings. The summed E-state index contributed by atoms with van der Waals surface area (Å²) in [6.07, 6.45) is 0. The normalized spacial score (nSPS) is 17.8. The minimum absolute atomic E-state index is 0. The van der Waals surface area contributed by atoms with E-state index in [0.29, 0.717) is 6.54 Å². The van der Waals surface area contributed by atoms with Crippen molar-refractivity contribution in [1.29, 1.82) is 0 Å². The Hall–Kier alpha value is -0.440. The smallest absolute Gasteiger partial charge is 0.194 e. The Kier molecular flexibility index (Phi) is 7.70. The fourth-order valence-corrected chi connectivity index (χ4v) is 3.93. The molecule has 7 heteroatoms. The molecule has 2 heterocycles. The lowest BCUT2D eigenvalue weighted by atomic mass is 10.2. The van der Waals surface area contributed by atoms with E-state index in [0.717, 1.165) is 37.0 Å². The van der Waals surface area contributed by atoms with E-state index in [-0.39, 0.29) is 28.7 Å². The lowest BCUT2D eigenvalue weighted by Crippen LogP contribution is -2.50. The van der Waals surface area contributed by atoms with Gasteiger partial charge in [-0.15, -0.1) is 24.0 Å². The molecule has 0 aliphatic carbocycles. The van der Waals surface area contributed by atoms with Crippen LogP contribution >= 0.6 is 35.7 Å². The highest BCUT2D eigenvalue weighted by Gasteiger charge is 2.28. The zero-order valence-corrected chi connectivity index (χ0v) is 18.3. The fourth-order valence-electron chi connectivity index (χ4n) is 2.82. The van der Waals surface area contributed by atoms with Crippen LogP contribution in [0.15, 0.2) is 4.99 Å². The number of thioether (sulfide) groups is 1. The van der Waals surface area contributed by atoms with Gasteiger partial charge < -0.3 is 10.2 Å². The SMILES string of the molecule is CCNC(=NCc1c(C)nn(C)c1C)N1CCSC(C)(C)C1.I. The van der Waals surface area contributed by atoms with Crippen LogP contribution in [-0.2, 0) is 13.6 Å². The van der Waals surface area contributed by atoms with Crippen LogP contribution in [0.25, 0.3) is 0 Å². The van der Waals surface area contributed by atoms with Gasteiger partial charge in [-0.2, -0.15) is 16.9 Å². The summed E-state index contributed by atoms with van der Waals surface area (Å²) < 4.78 is 2.22. The molecule has 0 atom stereocenters. The van der Waals surface area contributed by atoms with Gasteiger partial charge in [-0.1, -0.05) is 0 Å². The molecule has 0 aromatic carbocycles. The summed E-state index contributed by atoms with van der Waals surface area (Å²) in [5, 5.41) is 7.93. The first kappa shape index (κ1) is 20.6. The van der Waals surface area contributed by atoms with Gasteiger partial charge in [0, 0.05) is 48.4 Å². The predicted octanol–water partition coefficient (Wildman–Crippen LogP) is 2.95. The predicted molar refractivity (Wildman–Crippen MR) is 111 cm³/mol. The fraction of sp³-hybridized carbons (Fsp3) is 0.750. The van der Waals surface area contributed by atoms with Gasteiger partial charge in [-0.25, -0.2) is 4.99 Å². The van der Waals surface area contributed by atoms with Gasteiger partial charge in [-0.05, 0) is 34.6 Å². The summed E-state index contributed by atoms with van der Waals surface area (Å²) in [7, 11) is 1.99. The molecule has 132 valence electrons. The molecule has 23 heavy (non-hydrogen) atoms. The first-order valence-corrected chi connectivity index (χ1v) is 8.99. The van der Waals surface area contributed by atoms with Gasteiger partial charge in [-0.3, -0.25) is 4.68 Å². The van der Waals surface area contributed by atoms with Crippen LogP contribution in [-0.4, -0.2) is 50.8 Å². The maximum absolute atomic E-state index is 4.88. The Labute approximate surface area is 161 Å². The molecule has 0 bridgehead atoms. The van der Waals surface area contributed by atoms with E-state index in [1.807, 2.05) is 23.5 Å². The van der Waals surface area contributed by atoms with Gasteiger partial charge >= 0.3 is 0 Å². The van der Waals surface area contributed by atoms with E-state index in [9.17, 15) is 0 Å². The summed E-state index contributed by atoms with van der Waals surface area (Å²) in [4.78, 5) is 7.27. The van der Waals surface area contributed by atoms with Gasteiger partial charge in [0.2, 0.25) is 0 Å². The number of hydrogen-bond donors (Lipinski definition) is 1. The second-order valence-corrected chi connectivity index (χ2v) is 8.27. The average Bonchev–Trinajstić information content (AvgIpc) is 2.67. The van der Waals surface area contributed by atoms with Crippen LogP contribution in [0, 0.1) is 13.8 Å². The monoisotopic (exact) mass is 451 g/mol. The van der Waals surface area contributed by atoms with Gasteiger partial charge in [0.05, 0.1) is 12.2 Å². The average molecular weight is 451 g/mol. The topological polar surface area (TPSA) is 45.5 Å². The van der Waals surface area contributed by atoms with E-state index in [4.69, 9.17) is 4.99 Å². The molecule has 0 spiro atoms. The number of nitrogens with one attached hydrogen (secondary N) is 1. The van der Waals surface area contributed by atoms with Crippen molar-refractivity contribution in [2.45, 2.75) is 45.9 Å². The van der Waals surface area contributed by atoms with Crippen LogP contribution in [0.3, 0.4) is 0 Å². The highest BCUT2D eigenvalue weighted by atomic mass is 127. The Morgan fingerprint density at radius 2 is 2.09 bits per heavy atom. The number of aromatic nitrogens is 2. The summed E-state index contributed by atoms with van der Waals surface area (Å²) in [5.41, 5.74) is 3.52. The van der Waals surface area contributed by atoms with E-state index >= 15 is 0 Å². The molecule has 1 saturated heterocycles. The van der Waals surface area contributed by atoms with Crippen molar-refractivity contribution >= 4 is 41.7 Å². The molecule has 0 amide bonds. The Balaban J connectivity index is 0.00000264. The maximum atomic E-state index is 4.88. The third kappa shape index (κ3) is 5.27. The first-order valence-electron chi connectivity index (χ1n) is 8.00. The number of rotatable bonds is 3. The van der Waals surface area contributed by atoms with Crippen molar-refractivity contribution in [2.75, 3.05) is 25.4 Å². The van der Waals surface area contributed by atoms with E-state index in [1.54, 1.807) is 0 Å². The van der Waals surface area contributed by atoms with Gasteiger partial charge in [0.25, 0.3) is 0 Å². The van der Waals surface area contributed by atoms with Gasteiger partial charge in [0.15, 0.2) is 5.96 Å². The van der Waals surface area contributed by atoms with Crippen molar-refractivity contribution in [1.82, 2.24) is 20.0 Å². The highest BCUT2D eigenvalue weighted by molar-refractivity contribution is 14.0. The lowest BCUT2D eigenvalue weighted by Gasteiger charge is -2.39. The number of halogens is 1. The summed E-state index contributed by atoms with van der Waals surface area (Å²) in [6.45, 7) is 14.6. The van der Waals surface area contributed by atoms with Crippen molar-refractivity contribution in [3.05, 3.63) is 17.0 Å². The Morgan fingerprint density at radius 1 is 1.39 bits per heavy atom. The third-order valence-electron chi connectivity index (χ3n) is 4.11. The standard InChI is InChI=1S/C16H29N5S.HI/c1-7-17-15(21-8-9-22-16(4,5)11-21)18-10-14-12(2)19-20(6)13(14)3;/h7-11H2,1-6H3,(H,17,18);1H.